The molecule has 0 radical (unpaired) electrons. The number of para-hydroxylation sites is 1. The zero-order chi connectivity index (χ0) is 16.0. The Morgan fingerprint density at radius 1 is 1.22 bits per heavy atom. The van der Waals surface area contributed by atoms with Crippen LogP contribution in [0.25, 0.3) is 0 Å². The molecule has 6 heteroatoms. The molecule has 126 valence electrons. The van der Waals surface area contributed by atoms with E-state index in [-0.39, 0.29) is 11.9 Å². The van der Waals surface area contributed by atoms with Crippen LogP contribution < -0.4 is 16.0 Å². The second-order valence-corrected chi connectivity index (χ2v) is 9.49. The Bertz CT molecular complexity index is 691. The van der Waals surface area contributed by atoms with Crippen LogP contribution in [0.2, 0.25) is 0 Å². The van der Waals surface area contributed by atoms with Gasteiger partial charge in [-0.05, 0) is 37.2 Å². The number of anilines is 1. The molecule has 1 aliphatic heterocycles. The lowest BCUT2D eigenvalue weighted by Gasteiger charge is -2.37. The first kappa shape index (κ1) is 15.4. The second-order valence-electron chi connectivity index (χ2n) is 7.11. The summed E-state index contributed by atoms with van der Waals surface area (Å²) in [6.07, 6.45) is 5.13. The number of hydrogen-bond acceptors (Lipinski definition) is 5. The molecule has 4 rings (SSSR count). The van der Waals surface area contributed by atoms with Crippen LogP contribution in [-0.2, 0) is 9.84 Å². The highest BCUT2D eigenvalue weighted by Crippen LogP contribution is 2.45. The third-order valence-corrected chi connectivity index (χ3v) is 7.53. The van der Waals surface area contributed by atoms with Crippen molar-refractivity contribution < 1.29 is 8.42 Å². The third kappa shape index (κ3) is 2.77. The summed E-state index contributed by atoms with van der Waals surface area (Å²) in [5.41, 5.74) is 1.30. The van der Waals surface area contributed by atoms with Crippen molar-refractivity contribution in [2.45, 2.75) is 50.3 Å². The maximum Gasteiger partial charge on any atom is 0.184 e. The predicted octanol–water partition coefficient (Wildman–Crippen LogP) is 2.20. The molecule has 5 unspecified atom stereocenters. The Labute approximate surface area is 138 Å². The average Bonchev–Trinajstić information content (AvgIpc) is 3.17. The Morgan fingerprint density at radius 2 is 2.04 bits per heavy atom. The van der Waals surface area contributed by atoms with Gasteiger partial charge in [0.05, 0.1) is 11.9 Å². The van der Waals surface area contributed by atoms with E-state index in [0.29, 0.717) is 6.04 Å². The fourth-order valence-corrected chi connectivity index (χ4v) is 5.45. The fourth-order valence-electron chi connectivity index (χ4n) is 4.47. The first-order chi connectivity index (χ1) is 11.1. The summed E-state index contributed by atoms with van der Waals surface area (Å²) in [5.74, 6) is 1.75. The Morgan fingerprint density at radius 3 is 2.74 bits per heavy atom. The van der Waals surface area contributed by atoms with Gasteiger partial charge in [-0.15, -0.1) is 0 Å². The van der Waals surface area contributed by atoms with Gasteiger partial charge in [-0.1, -0.05) is 31.5 Å². The summed E-state index contributed by atoms with van der Waals surface area (Å²) in [5, 5.41) is 10.1. The lowest BCUT2D eigenvalue weighted by Crippen LogP contribution is -2.54. The van der Waals surface area contributed by atoms with Crippen LogP contribution in [0.15, 0.2) is 24.3 Å². The monoisotopic (exact) mass is 335 g/mol. The smallest absolute Gasteiger partial charge is 0.184 e. The van der Waals surface area contributed by atoms with Gasteiger partial charge in [0, 0.05) is 17.3 Å². The van der Waals surface area contributed by atoms with Gasteiger partial charge in [-0.2, -0.15) is 0 Å². The van der Waals surface area contributed by atoms with Gasteiger partial charge in [0.25, 0.3) is 0 Å². The van der Waals surface area contributed by atoms with E-state index in [1.807, 2.05) is 18.2 Å². The molecule has 0 saturated heterocycles. The lowest BCUT2D eigenvalue weighted by molar-refractivity contribution is 0.289. The molecule has 2 saturated carbocycles. The molecule has 1 heterocycles. The summed E-state index contributed by atoms with van der Waals surface area (Å²) in [6.45, 7) is 1.69. The van der Waals surface area contributed by atoms with E-state index in [2.05, 4.69) is 22.0 Å². The number of rotatable bonds is 4. The van der Waals surface area contributed by atoms with Crippen molar-refractivity contribution in [3.63, 3.8) is 0 Å². The largest absolute Gasteiger partial charge is 0.357 e. The molecule has 2 aliphatic carbocycles. The number of fused-ring (bicyclic) bond motifs is 3. The molecule has 5 nitrogen and oxygen atoms in total. The maximum atomic E-state index is 12.3. The number of nitrogens with one attached hydrogen (secondary N) is 3. The van der Waals surface area contributed by atoms with Crippen LogP contribution in [-0.4, -0.2) is 25.7 Å². The van der Waals surface area contributed by atoms with Gasteiger partial charge in [0.2, 0.25) is 0 Å². The highest BCUT2D eigenvalue weighted by atomic mass is 32.2. The zero-order valence-electron chi connectivity index (χ0n) is 13.5. The molecule has 23 heavy (non-hydrogen) atoms. The quantitative estimate of drug-likeness (QED) is 0.787. The van der Waals surface area contributed by atoms with Crippen molar-refractivity contribution in [3.8, 4) is 0 Å². The molecule has 1 aromatic carbocycles. The summed E-state index contributed by atoms with van der Waals surface area (Å²) in [6, 6.07) is 8.48. The standard InChI is InChI=1S/C17H25N3O2S/c1-2-23(21,22)17-19-14-6-4-3-5-13(14)16(20-17)18-15-10-11-7-8-12(15)9-11/h3-6,11-12,15-20H,2,7-10H2,1H3. The molecule has 1 aromatic rings. The maximum absolute atomic E-state index is 12.3. The Balaban J connectivity index is 1.59. The molecule has 3 N–H and O–H groups in total. The predicted molar refractivity (Wildman–Crippen MR) is 91.6 cm³/mol. The van der Waals surface area contributed by atoms with E-state index in [1.165, 1.54) is 25.7 Å². The minimum Gasteiger partial charge on any atom is -0.357 e. The minimum atomic E-state index is -3.20. The summed E-state index contributed by atoms with van der Waals surface area (Å²) < 4.78 is 24.6. The molecule has 3 aliphatic rings. The van der Waals surface area contributed by atoms with Crippen molar-refractivity contribution in [1.29, 1.82) is 0 Å². The Hall–Kier alpha value is -1.11. The van der Waals surface area contributed by atoms with Gasteiger partial charge < -0.3 is 5.32 Å². The molecule has 2 bridgehead atoms. The molecule has 0 spiro atoms. The summed E-state index contributed by atoms with van der Waals surface area (Å²) in [7, 11) is -3.20. The van der Waals surface area contributed by atoms with Crippen LogP contribution in [0, 0.1) is 11.8 Å². The van der Waals surface area contributed by atoms with Crippen LogP contribution in [0.4, 0.5) is 5.69 Å². The second kappa shape index (κ2) is 5.76. The summed E-state index contributed by atoms with van der Waals surface area (Å²) >= 11 is 0. The Kier molecular flexibility index (Phi) is 3.86. The first-order valence-corrected chi connectivity index (χ1v) is 10.4. The molecule has 5 atom stereocenters. The minimum absolute atomic E-state index is 0.108. The van der Waals surface area contributed by atoms with Crippen LogP contribution in [0.1, 0.15) is 44.3 Å². The summed E-state index contributed by atoms with van der Waals surface area (Å²) in [4.78, 5) is 0. The van der Waals surface area contributed by atoms with Gasteiger partial charge >= 0.3 is 0 Å². The van der Waals surface area contributed by atoms with Crippen molar-refractivity contribution in [1.82, 2.24) is 10.6 Å². The average molecular weight is 335 g/mol. The van der Waals surface area contributed by atoms with E-state index in [1.54, 1.807) is 6.92 Å². The topological polar surface area (TPSA) is 70.2 Å². The van der Waals surface area contributed by atoms with E-state index in [9.17, 15) is 8.42 Å². The van der Waals surface area contributed by atoms with Crippen LogP contribution in [0.5, 0.6) is 0 Å². The van der Waals surface area contributed by atoms with Crippen molar-refractivity contribution in [2.75, 3.05) is 11.1 Å². The van der Waals surface area contributed by atoms with Gasteiger partial charge in [0.15, 0.2) is 15.3 Å². The molecule has 0 amide bonds. The van der Waals surface area contributed by atoms with Crippen molar-refractivity contribution in [2.24, 2.45) is 11.8 Å². The zero-order valence-corrected chi connectivity index (χ0v) is 14.3. The normalized spacial score (nSPS) is 35.8. The van der Waals surface area contributed by atoms with Crippen LogP contribution >= 0.6 is 0 Å². The number of hydrogen-bond donors (Lipinski definition) is 3. The van der Waals surface area contributed by atoms with Gasteiger partial charge in [0.1, 0.15) is 0 Å². The van der Waals surface area contributed by atoms with Crippen LogP contribution in [0.3, 0.4) is 0 Å². The highest BCUT2D eigenvalue weighted by molar-refractivity contribution is 7.92. The van der Waals surface area contributed by atoms with Gasteiger partial charge in [-0.25, -0.2) is 8.42 Å². The molecular formula is C17H25N3O2S. The third-order valence-electron chi connectivity index (χ3n) is 5.76. The van der Waals surface area contributed by atoms with E-state index in [0.717, 1.165) is 23.1 Å². The van der Waals surface area contributed by atoms with E-state index < -0.39 is 15.3 Å². The lowest BCUT2D eigenvalue weighted by atomic mass is 9.94. The van der Waals surface area contributed by atoms with E-state index in [4.69, 9.17) is 0 Å². The number of benzene rings is 1. The fraction of sp³-hybridized carbons (Fsp3) is 0.647. The molecule has 2 fully saturated rings. The number of sulfone groups is 1. The highest BCUT2D eigenvalue weighted by Gasteiger charge is 2.42. The molecule has 0 aromatic heterocycles. The van der Waals surface area contributed by atoms with Crippen molar-refractivity contribution in [3.05, 3.63) is 29.8 Å². The van der Waals surface area contributed by atoms with E-state index >= 15 is 0 Å². The van der Waals surface area contributed by atoms with Gasteiger partial charge in [-0.3, -0.25) is 10.6 Å². The molecular weight excluding hydrogens is 310 g/mol. The SMILES string of the molecule is CCS(=O)(=O)C1Nc2ccccc2C(NC2CC3CCC2C3)N1. The first-order valence-electron chi connectivity index (χ1n) is 8.66. The van der Waals surface area contributed by atoms with Crippen molar-refractivity contribution >= 4 is 15.5 Å².